The van der Waals surface area contributed by atoms with E-state index in [0.29, 0.717) is 21.6 Å². The third kappa shape index (κ3) is 1.67. The van der Waals surface area contributed by atoms with Gasteiger partial charge in [-0.15, -0.1) is 0 Å². The first-order valence-electron chi connectivity index (χ1n) is 4.12. The Kier molecular flexibility index (Phi) is 2.34. The molecule has 1 aromatic carbocycles. The Bertz CT molecular complexity index is 523. The molecular formula is C9H7ClN2O3. The largest absolute Gasteiger partial charge is 0.480 e. The summed E-state index contributed by atoms with van der Waals surface area (Å²) in [5.74, 6) is -1.11. The lowest BCUT2D eigenvalue weighted by Crippen LogP contribution is -2.20. The van der Waals surface area contributed by atoms with Crippen LogP contribution in [0.15, 0.2) is 22.9 Å². The number of carboxylic acid groups (broad SMARTS) is 1. The molecule has 0 amide bonds. The Morgan fingerprint density at radius 1 is 1.60 bits per heavy atom. The Hall–Kier alpha value is -1.59. The van der Waals surface area contributed by atoms with Gasteiger partial charge in [0.1, 0.15) is 6.04 Å². The summed E-state index contributed by atoms with van der Waals surface area (Å²) in [7, 11) is 0. The van der Waals surface area contributed by atoms with Crippen LogP contribution in [0.25, 0.3) is 11.0 Å². The van der Waals surface area contributed by atoms with Crippen LogP contribution in [0, 0.1) is 0 Å². The highest BCUT2D eigenvalue weighted by molar-refractivity contribution is 6.34. The lowest BCUT2D eigenvalue weighted by atomic mass is 10.1. The molecule has 0 spiro atoms. The minimum Gasteiger partial charge on any atom is -0.480 e. The van der Waals surface area contributed by atoms with Crippen LogP contribution in [-0.2, 0) is 4.79 Å². The summed E-state index contributed by atoms with van der Waals surface area (Å²) in [6.07, 6.45) is 1.46. The van der Waals surface area contributed by atoms with Gasteiger partial charge in [0.05, 0.1) is 11.2 Å². The molecule has 0 saturated carbocycles. The van der Waals surface area contributed by atoms with E-state index < -0.39 is 12.0 Å². The Labute approximate surface area is 89.4 Å². The van der Waals surface area contributed by atoms with E-state index in [9.17, 15) is 4.79 Å². The van der Waals surface area contributed by atoms with Crippen molar-refractivity contribution in [2.24, 2.45) is 5.73 Å². The second-order valence-corrected chi connectivity index (χ2v) is 3.47. The molecule has 2 aromatic rings. The first-order chi connectivity index (χ1) is 7.09. The topological polar surface area (TPSA) is 89.4 Å². The molecule has 6 heteroatoms. The second kappa shape index (κ2) is 3.52. The molecule has 15 heavy (non-hydrogen) atoms. The molecule has 0 radical (unpaired) electrons. The van der Waals surface area contributed by atoms with Crippen molar-refractivity contribution >= 4 is 28.5 Å². The number of hydrogen-bond acceptors (Lipinski definition) is 4. The van der Waals surface area contributed by atoms with Gasteiger partial charge in [0.25, 0.3) is 0 Å². The van der Waals surface area contributed by atoms with Crippen molar-refractivity contribution in [2.45, 2.75) is 6.04 Å². The molecular weight excluding hydrogens is 220 g/mol. The number of carboxylic acids is 1. The van der Waals surface area contributed by atoms with E-state index in [0.717, 1.165) is 0 Å². The highest BCUT2D eigenvalue weighted by Gasteiger charge is 2.17. The molecule has 1 heterocycles. The minimum absolute atomic E-state index is 0.303. The predicted molar refractivity (Wildman–Crippen MR) is 53.6 cm³/mol. The van der Waals surface area contributed by atoms with E-state index in [4.69, 9.17) is 27.0 Å². The average molecular weight is 227 g/mol. The zero-order valence-corrected chi connectivity index (χ0v) is 8.23. The summed E-state index contributed by atoms with van der Waals surface area (Å²) < 4.78 is 4.87. The van der Waals surface area contributed by atoms with Gasteiger partial charge < -0.3 is 15.4 Å². The third-order valence-electron chi connectivity index (χ3n) is 2.06. The molecule has 0 aliphatic carbocycles. The predicted octanol–water partition coefficient (Wildman–Crippen LogP) is 1.57. The summed E-state index contributed by atoms with van der Waals surface area (Å²) in [4.78, 5) is 10.7. The van der Waals surface area contributed by atoms with Gasteiger partial charge in [0.15, 0.2) is 5.58 Å². The van der Waals surface area contributed by atoms with Crippen LogP contribution in [0.1, 0.15) is 11.6 Å². The molecule has 0 bridgehead atoms. The monoisotopic (exact) mass is 226 g/mol. The molecule has 1 unspecified atom stereocenters. The quantitative estimate of drug-likeness (QED) is 0.811. The SMILES string of the molecule is NC(C(=O)O)c1cc(Cl)c2oncc2c1. The van der Waals surface area contributed by atoms with Crippen molar-refractivity contribution in [1.29, 1.82) is 0 Å². The van der Waals surface area contributed by atoms with Gasteiger partial charge in [-0.3, -0.25) is 4.79 Å². The highest BCUT2D eigenvalue weighted by atomic mass is 35.5. The van der Waals surface area contributed by atoms with Gasteiger partial charge in [0, 0.05) is 5.39 Å². The number of nitrogens with zero attached hydrogens (tertiary/aromatic N) is 1. The van der Waals surface area contributed by atoms with Crippen molar-refractivity contribution in [2.75, 3.05) is 0 Å². The fraction of sp³-hybridized carbons (Fsp3) is 0.111. The number of nitrogens with two attached hydrogens (primary N) is 1. The van der Waals surface area contributed by atoms with Gasteiger partial charge >= 0.3 is 5.97 Å². The minimum atomic E-state index is -1.11. The number of rotatable bonds is 2. The van der Waals surface area contributed by atoms with E-state index in [-0.39, 0.29) is 0 Å². The fourth-order valence-electron chi connectivity index (χ4n) is 1.29. The highest BCUT2D eigenvalue weighted by Crippen LogP contribution is 2.27. The van der Waals surface area contributed by atoms with Crippen LogP contribution >= 0.6 is 11.6 Å². The standard InChI is InChI=1S/C9H7ClN2O3/c10-6-2-4(7(11)9(13)14)1-5-3-12-15-8(5)6/h1-3,7H,11H2,(H,13,14). The molecule has 78 valence electrons. The van der Waals surface area contributed by atoms with E-state index in [1.54, 1.807) is 6.07 Å². The number of halogens is 1. The average Bonchev–Trinajstić information content (AvgIpc) is 2.64. The summed E-state index contributed by atoms with van der Waals surface area (Å²) in [5, 5.41) is 13.2. The van der Waals surface area contributed by atoms with Crippen LogP contribution in [0.4, 0.5) is 0 Å². The normalized spacial score (nSPS) is 12.9. The molecule has 0 saturated heterocycles. The first-order valence-corrected chi connectivity index (χ1v) is 4.49. The summed E-state index contributed by atoms with van der Waals surface area (Å²) in [6, 6.07) is 1.96. The zero-order valence-electron chi connectivity index (χ0n) is 7.48. The van der Waals surface area contributed by atoms with Gasteiger partial charge in [-0.05, 0) is 17.7 Å². The number of benzene rings is 1. The number of aliphatic carboxylic acids is 1. The first kappa shape index (κ1) is 9.95. The van der Waals surface area contributed by atoms with E-state index in [1.807, 2.05) is 0 Å². The third-order valence-corrected chi connectivity index (χ3v) is 2.34. The molecule has 5 nitrogen and oxygen atoms in total. The van der Waals surface area contributed by atoms with Crippen LogP contribution in [0.2, 0.25) is 5.02 Å². The Morgan fingerprint density at radius 2 is 2.33 bits per heavy atom. The van der Waals surface area contributed by atoms with Crippen molar-refractivity contribution in [3.8, 4) is 0 Å². The van der Waals surface area contributed by atoms with Crippen molar-refractivity contribution < 1.29 is 14.4 Å². The molecule has 0 aliphatic rings. The molecule has 3 N–H and O–H groups in total. The van der Waals surface area contributed by atoms with Gasteiger partial charge in [0.2, 0.25) is 0 Å². The molecule has 1 aromatic heterocycles. The maximum absolute atomic E-state index is 10.7. The molecule has 0 fully saturated rings. The van der Waals surface area contributed by atoms with Gasteiger partial charge in [-0.25, -0.2) is 0 Å². The summed E-state index contributed by atoms with van der Waals surface area (Å²) in [5.41, 5.74) is 6.31. The van der Waals surface area contributed by atoms with Crippen LogP contribution in [0.5, 0.6) is 0 Å². The molecule has 0 aliphatic heterocycles. The maximum atomic E-state index is 10.7. The lowest BCUT2D eigenvalue weighted by Gasteiger charge is -2.06. The van der Waals surface area contributed by atoms with Crippen LogP contribution in [-0.4, -0.2) is 16.2 Å². The fourth-order valence-corrected chi connectivity index (χ4v) is 1.56. The van der Waals surface area contributed by atoms with E-state index in [1.165, 1.54) is 12.3 Å². The Balaban J connectivity index is 2.58. The molecule has 1 atom stereocenters. The molecule has 2 rings (SSSR count). The van der Waals surface area contributed by atoms with Crippen LogP contribution < -0.4 is 5.73 Å². The van der Waals surface area contributed by atoms with Crippen molar-refractivity contribution in [3.63, 3.8) is 0 Å². The van der Waals surface area contributed by atoms with E-state index >= 15 is 0 Å². The van der Waals surface area contributed by atoms with Gasteiger partial charge in [-0.1, -0.05) is 16.8 Å². The summed E-state index contributed by atoms with van der Waals surface area (Å²) in [6.45, 7) is 0. The van der Waals surface area contributed by atoms with Crippen molar-refractivity contribution in [1.82, 2.24) is 5.16 Å². The maximum Gasteiger partial charge on any atom is 0.325 e. The van der Waals surface area contributed by atoms with Gasteiger partial charge in [-0.2, -0.15) is 0 Å². The zero-order chi connectivity index (χ0) is 11.0. The van der Waals surface area contributed by atoms with Crippen molar-refractivity contribution in [3.05, 3.63) is 28.9 Å². The number of carbonyl (C=O) groups is 1. The van der Waals surface area contributed by atoms with E-state index in [2.05, 4.69) is 5.16 Å². The number of fused-ring (bicyclic) bond motifs is 1. The lowest BCUT2D eigenvalue weighted by molar-refractivity contribution is -0.138. The van der Waals surface area contributed by atoms with Crippen LogP contribution in [0.3, 0.4) is 0 Å². The second-order valence-electron chi connectivity index (χ2n) is 3.06. The summed E-state index contributed by atoms with van der Waals surface area (Å²) >= 11 is 5.87. The number of hydrogen-bond donors (Lipinski definition) is 2. The Morgan fingerprint density at radius 3 is 3.00 bits per heavy atom. The number of aromatic nitrogens is 1. The smallest absolute Gasteiger partial charge is 0.325 e.